The summed E-state index contributed by atoms with van der Waals surface area (Å²) in [6, 6.07) is 0. The van der Waals surface area contributed by atoms with E-state index in [0.717, 1.165) is 19.6 Å². The van der Waals surface area contributed by atoms with Crippen molar-refractivity contribution in [2.45, 2.75) is 98.9 Å². The van der Waals surface area contributed by atoms with Crippen LogP contribution in [0.15, 0.2) is 24.6 Å². The minimum absolute atomic E-state index is 0. The second-order valence-electron chi connectivity index (χ2n) is 10.8. The Morgan fingerprint density at radius 1 is 0.867 bits per heavy atom. The Morgan fingerprint density at radius 2 is 1.16 bits per heavy atom. The molecule has 0 spiro atoms. The maximum atomic E-state index is 9.14. The molecule has 3 rings (SSSR count). The van der Waals surface area contributed by atoms with E-state index >= 15 is 0 Å². The average molecular weight is 756 g/mol. The number of hydrogen-bond acceptors (Lipinski definition) is 13. The van der Waals surface area contributed by atoms with Gasteiger partial charge in [-0.15, -0.1) is 0 Å². The monoisotopic (exact) mass is 755 g/mol. The Balaban J connectivity index is -0.000000564. The summed E-state index contributed by atoms with van der Waals surface area (Å²) < 4.78 is 43.0. The molecule has 0 saturated carbocycles. The first-order valence-electron chi connectivity index (χ1n) is 15.3. The summed E-state index contributed by atoms with van der Waals surface area (Å²) in [6.07, 6.45) is -0.869. The number of aliphatic hydroxyl groups is 3. The van der Waals surface area contributed by atoms with Crippen molar-refractivity contribution in [3.8, 4) is 0 Å². The number of fused-ring (bicyclic) bond motifs is 6. The van der Waals surface area contributed by atoms with Crippen molar-refractivity contribution in [2.24, 2.45) is 0 Å². The van der Waals surface area contributed by atoms with Gasteiger partial charge in [0.1, 0.15) is 0 Å². The fraction of sp³-hybridized carbons (Fsp3) is 0.857. The molecule has 3 N–H and O–H groups in total. The molecule has 0 aliphatic carbocycles. The van der Waals surface area contributed by atoms with Gasteiger partial charge in [-0.05, 0) is 85.5 Å². The first-order chi connectivity index (χ1) is 20.6. The summed E-state index contributed by atoms with van der Waals surface area (Å²) >= 11 is 3.87. The zero-order valence-electron chi connectivity index (χ0n) is 28.8. The smallest absolute Gasteiger partial charge is 0.392 e. The molecular formula is C28H61N2O10PSSi2V. The summed E-state index contributed by atoms with van der Waals surface area (Å²) in [6.45, 7) is 30.6. The van der Waals surface area contributed by atoms with Gasteiger partial charge in [-0.3, -0.25) is 14.4 Å². The molecule has 0 aromatic heterocycles. The second-order valence-corrected chi connectivity index (χ2v) is 16.2. The van der Waals surface area contributed by atoms with Gasteiger partial charge in [0.25, 0.3) is 0 Å². The molecule has 3 aliphatic rings. The first-order valence-corrected chi connectivity index (χ1v) is 21.0. The predicted molar refractivity (Wildman–Crippen MR) is 183 cm³/mol. The van der Waals surface area contributed by atoms with E-state index in [9.17, 15) is 0 Å². The van der Waals surface area contributed by atoms with Crippen molar-refractivity contribution in [2.75, 3.05) is 59.1 Å². The van der Waals surface area contributed by atoms with Crippen LogP contribution in [-0.4, -0.2) is 138 Å². The largest absolute Gasteiger partial charge is 0.529 e. The molecule has 12 nitrogen and oxygen atoms in total. The van der Waals surface area contributed by atoms with Crippen molar-refractivity contribution < 1.29 is 65.0 Å². The Bertz CT molecular complexity index is 728. The van der Waals surface area contributed by atoms with Crippen LogP contribution in [0.2, 0.25) is 0 Å². The summed E-state index contributed by atoms with van der Waals surface area (Å²) in [5.41, 5.74) is 3.43. The Kier molecular flexibility index (Phi) is 31.2. The van der Waals surface area contributed by atoms with E-state index < -0.39 is 43.2 Å². The van der Waals surface area contributed by atoms with Crippen LogP contribution in [-0.2, 0) is 61.5 Å². The maximum Gasteiger partial charge on any atom is 0.529 e. The van der Waals surface area contributed by atoms with Gasteiger partial charge in [0, 0.05) is 77.6 Å². The Hall–Kier alpha value is 0.378. The topological polar surface area (TPSA) is 140 Å². The summed E-state index contributed by atoms with van der Waals surface area (Å²) in [5, 5.41) is 27.4. The van der Waals surface area contributed by atoms with Crippen molar-refractivity contribution >= 4 is 36.7 Å². The van der Waals surface area contributed by atoms with Crippen LogP contribution in [0.1, 0.15) is 62.3 Å². The number of nitrogens with zero attached hydrogens (tertiary/aromatic N) is 2. The van der Waals surface area contributed by atoms with Crippen molar-refractivity contribution in [1.29, 1.82) is 0 Å². The van der Waals surface area contributed by atoms with Crippen LogP contribution in [0, 0.1) is 0 Å². The molecule has 1 radical (unpaired) electrons. The third-order valence-corrected chi connectivity index (χ3v) is 11.0. The van der Waals surface area contributed by atoms with Gasteiger partial charge >= 0.3 is 17.6 Å². The standard InChI is InChI=1S/C11H21NO3Si.C9H21NO3.C8H18O3Si.HOPS.V/c1-5-16-13-9(2)6-12(7-10(3)14-16)8-11(4)15-16;1-7(11)4-10(5-8(2)12)6-9(3)13;1-5-9-12(8-4,10-6-2)11-7-3;1-2-3;/h5,9-11H,1,6-8H2,2-4H3;7-9,11-13H,4-6H2,1-3H3;8H,4-7H2,1-3H3;2H;. The van der Waals surface area contributed by atoms with Crippen molar-refractivity contribution in [3.05, 3.63) is 24.6 Å². The Morgan fingerprint density at radius 3 is 1.36 bits per heavy atom. The number of aliphatic hydroxyl groups excluding tert-OH is 3. The van der Waals surface area contributed by atoms with Crippen LogP contribution in [0.5, 0.6) is 0 Å². The SMILES string of the molecule is C=C[Si](OCC)(OCC)OCC.C=C[Si]12OC(C)CN(CC(C)O1)CC(C)O2.CC(O)CN(CC(C)O)CC(C)O.O=[PH]=S.[V]. The van der Waals surface area contributed by atoms with Crippen molar-refractivity contribution in [1.82, 2.24) is 9.80 Å². The molecule has 3 fully saturated rings. The quantitative estimate of drug-likeness (QED) is 0.177. The second kappa shape index (κ2) is 28.2. The summed E-state index contributed by atoms with van der Waals surface area (Å²) in [7, 11) is -5.74. The van der Waals surface area contributed by atoms with Gasteiger partial charge in [-0.25, -0.2) is 0 Å². The van der Waals surface area contributed by atoms with E-state index in [-0.39, 0.29) is 36.9 Å². The summed E-state index contributed by atoms with van der Waals surface area (Å²) in [5.74, 6) is 0. The number of hydrogen-bond donors (Lipinski definition) is 3. The maximum absolute atomic E-state index is 9.14. The van der Waals surface area contributed by atoms with Crippen LogP contribution >= 0.6 is 7.24 Å². The van der Waals surface area contributed by atoms with Crippen molar-refractivity contribution in [3.63, 3.8) is 0 Å². The van der Waals surface area contributed by atoms with Crippen LogP contribution in [0.3, 0.4) is 0 Å². The Labute approximate surface area is 292 Å². The van der Waals surface area contributed by atoms with Gasteiger partial charge in [-0.1, -0.05) is 13.2 Å². The normalized spacial score (nSPS) is 26.4. The molecule has 2 bridgehead atoms. The van der Waals surface area contributed by atoms with E-state index in [1.807, 2.05) is 25.7 Å². The van der Waals surface area contributed by atoms with Crippen LogP contribution in [0.4, 0.5) is 0 Å². The minimum Gasteiger partial charge on any atom is -0.392 e. The molecule has 0 amide bonds. The fourth-order valence-corrected chi connectivity index (χ4v) is 8.92. The molecular weight excluding hydrogens is 694 g/mol. The van der Waals surface area contributed by atoms with Gasteiger partial charge in [-0.2, -0.15) is 0 Å². The zero-order chi connectivity index (χ0) is 34.3. The molecule has 3 heterocycles. The third kappa shape index (κ3) is 24.2. The van der Waals surface area contributed by atoms with E-state index in [0.29, 0.717) is 39.5 Å². The molecule has 0 aromatic carbocycles. The van der Waals surface area contributed by atoms with E-state index in [4.69, 9.17) is 46.4 Å². The van der Waals surface area contributed by atoms with Gasteiger partial charge in [0.2, 0.25) is 0 Å². The molecule has 17 heteroatoms. The van der Waals surface area contributed by atoms with Gasteiger partial charge in [0.15, 0.2) is 7.24 Å². The molecule has 45 heavy (non-hydrogen) atoms. The molecule has 267 valence electrons. The first kappa shape index (κ1) is 49.8. The molecule has 7 atom stereocenters. The predicted octanol–water partition coefficient (Wildman–Crippen LogP) is 2.86. The number of rotatable bonds is 14. The van der Waals surface area contributed by atoms with E-state index in [1.165, 1.54) is 0 Å². The van der Waals surface area contributed by atoms with E-state index in [2.05, 4.69) is 50.6 Å². The third-order valence-electron chi connectivity index (χ3n) is 5.75. The van der Waals surface area contributed by atoms with Gasteiger partial charge in [0.05, 0.1) is 36.6 Å². The molecule has 7 unspecified atom stereocenters. The molecule has 0 aromatic rings. The van der Waals surface area contributed by atoms with E-state index in [1.54, 1.807) is 32.2 Å². The molecule has 3 aliphatic heterocycles. The molecule has 3 saturated heterocycles. The van der Waals surface area contributed by atoms with Gasteiger partial charge < -0.3 is 41.9 Å². The minimum atomic E-state index is -2.65. The van der Waals surface area contributed by atoms with Crippen LogP contribution in [0.25, 0.3) is 0 Å². The van der Waals surface area contributed by atoms with Crippen LogP contribution < -0.4 is 0 Å². The average Bonchev–Trinajstić information content (AvgIpc) is 2.87. The summed E-state index contributed by atoms with van der Waals surface area (Å²) in [4.78, 5) is 4.20. The zero-order valence-corrected chi connectivity index (χ0v) is 34.1. The fourth-order valence-electron chi connectivity index (χ4n) is 4.75.